The van der Waals surface area contributed by atoms with Gasteiger partial charge in [0.25, 0.3) is 0 Å². The quantitative estimate of drug-likeness (QED) is 0.335. The Hall–Kier alpha value is -0.843. The molecule has 0 bridgehead atoms. The van der Waals surface area contributed by atoms with Crippen molar-refractivity contribution in [3.05, 3.63) is 21.9 Å². The van der Waals surface area contributed by atoms with Crippen LogP contribution in [0.15, 0.2) is 11.8 Å². The van der Waals surface area contributed by atoms with E-state index < -0.39 is 14.4 Å². The molecule has 0 aromatic heterocycles. The predicted molar refractivity (Wildman–Crippen MR) is 70.9 cm³/mol. The highest BCUT2D eigenvalue weighted by Gasteiger charge is 2.32. The topological polar surface area (TPSA) is 52.4 Å². The third kappa shape index (κ3) is 4.50. The van der Waals surface area contributed by atoms with E-state index in [4.69, 9.17) is 4.43 Å². The zero-order valence-corrected chi connectivity index (χ0v) is 12.2. The van der Waals surface area contributed by atoms with Gasteiger partial charge in [-0.05, 0) is 44.5 Å². The normalized spacial score (nSPS) is 25.6. The minimum absolute atomic E-state index is 0.0649. The summed E-state index contributed by atoms with van der Waals surface area (Å²) in [6.45, 7) is 8.08. The van der Waals surface area contributed by atoms with Crippen molar-refractivity contribution >= 4 is 8.32 Å². The van der Waals surface area contributed by atoms with Crippen molar-refractivity contribution in [1.29, 1.82) is 0 Å². The molecule has 0 saturated heterocycles. The fraction of sp³-hybridized carbons (Fsp3) is 0.833. The van der Waals surface area contributed by atoms with E-state index in [9.17, 15) is 10.1 Å². The van der Waals surface area contributed by atoms with Gasteiger partial charge in [0, 0.05) is 11.8 Å². The van der Waals surface area contributed by atoms with Crippen molar-refractivity contribution < 1.29 is 9.35 Å². The first kappa shape index (κ1) is 14.2. The Morgan fingerprint density at radius 2 is 2.12 bits per heavy atom. The molecule has 0 radical (unpaired) electrons. The van der Waals surface area contributed by atoms with E-state index in [0.29, 0.717) is 0 Å². The maximum Gasteiger partial charge on any atom is 0.241 e. The molecular formula is C12H23NO3Si. The minimum Gasteiger partial charge on any atom is -0.550 e. The monoisotopic (exact) mass is 257 g/mol. The number of nitro groups is 1. The number of hydrogen-bond donors (Lipinski definition) is 0. The standard InChI is InChI=1S/C12H23NO3Si/c1-10(13(14)15)12-8-6-5-7-11(12)9-16-17(2,3)4/h9-10,12H,5-8H2,1-4H3/b11-9+. The van der Waals surface area contributed by atoms with Crippen molar-refractivity contribution in [2.45, 2.75) is 58.3 Å². The average molecular weight is 257 g/mol. The Morgan fingerprint density at radius 1 is 1.47 bits per heavy atom. The second-order valence-corrected chi connectivity index (χ2v) is 10.3. The van der Waals surface area contributed by atoms with Crippen LogP contribution in [0.4, 0.5) is 0 Å². The second-order valence-electron chi connectivity index (χ2n) is 5.80. The molecule has 0 aromatic rings. The molecule has 1 aliphatic rings. The van der Waals surface area contributed by atoms with E-state index in [1.54, 1.807) is 6.92 Å². The number of nitrogens with zero attached hydrogens (tertiary/aromatic N) is 1. The molecule has 0 amide bonds. The molecule has 1 fully saturated rings. The maximum absolute atomic E-state index is 10.9. The predicted octanol–water partition coefficient (Wildman–Crippen LogP) is 3.58. The van der Waals surface area contributed by atoms with Crippen LogP contribution in [0.3, 0.4) is 0 Å². The van der Waals surface area contributed by atoms with Crippen LogP contribution in [0.2, 0.25) is 19.6 Å². The van der Waals surface area contributed by atoms with Crippen LogP contribution in [-0.4, -0.2) is 19.3 Å². The van der Waals surface area contributed by atoms with Gasteiger partial charge in [-0.25, -0.2) is 0 Å². The number of rotatable bonds is 4. The van der Waals surface area contributed by atoms with E-state index in [1.807, 2.05) is 6.26 Å². The lowest BCUT2D eigenvalue weighted by Crippen LogP contribution is -2.30. The highest BCUT2D eigenvalue weighted by molar-refractivity contribution is 6.69. The smallest absolute Gasteiger partial charge is 0.241 e. The van der Waals surface area contributed by atoms with Crippen LogP contribution in [-0.2, 0) is 4.43 Å². The van der Waals surface area contributed by atoms with E-state index in [0.717, 1.165) is 31.3 Å². The summed E-state index contributed by atoms with van der Waals surface area (Å²) < 4.78 is 5.78. The lowest BCUT2D eigenvalue weighted by atomic mass is 9.81. The van der Waals surface area contributed by atoms with Crippen LogP contribution in [0, 0.1) is 16.0 Å². The van der Waals surface area contributed by atoms with Gasteiger partial charge in [-0.2, -0.15) is 0 Å². The second kappa shape index (κ2) is 5.66. The molecule has 2 atom stereocenters. The van der Waals surface area contributed by atoms with E-state index in [1.165, 1.54) is 0 Å². The molecule has 0 heterocycles. The third-order valence-corrected chi connectivity index (χ3v) is 4.01. The van der Waals surface area contributed by atoms with Gasteiger partial charge in [-0.15, -0.1) is 0 Å². The van der Waals surface area contributed by atoms with E-state index in [2.05, 4.69) is 19.6 Å². The van der Waals surface area contributed by atoms with Crippen molar-refractivity contribution in [2.24, 2.45) is 5.92 Å². The highest BCUT2D eigenvalue weighted by atomic mass is 28.4. The Balaban J connectivity index is 2.75. The summed E-state index contributed by atoms with van der Waals surface area (Å²) >= 11 is 0. The van der Waals surface area contributed by atoms with Gasteiger partial charge in [-0.3, -0.25) is 10.1 Å². The Labute approximate surface area is 104 Å². The van der Waals surface area contributed by atoms with Gasteiger partial charge < -0.3 is 4.43 Å². The summed E-state index contributed by atoms with van der Waals surface area (Å²) in [5, 5.41) is 10.9. The van der Waals surface area contributed by atoms with Gasteiger partial charge >= 0.3 is 0 Å². The first-order valence-electron chi connectivity index (χ1n) is 6.31. The summed E-state index contributed by atoms with van der Waals surface area (Å²) in [4.78, 5) is 10.7. The summed E-state index contributed by atoms with van der Waals surface area (Å²) in [5.41, 5.74) is 1.14. The summed E-state index contributed by atoms with van der Waals surface area (Å²) in [6, 6.07) is -0.494. The van der Waals surface area contributed by atoms with Crippen LogP contribution >= 0.6 is 0 Å². The van der Waals surface area contributed by atoms with Crippen molar-refractivity contribution in [1.82, 2.24) is 0 Å². The van der Waals surface area contributed by atoms with Crippen LogP contribution in [0.1, 0.15) is 32.6 Å². The van der Waals surface area contributed by atoms with Gasteiger partial charge in [0.1, 0.15) is 0 Å². The van der Waals surface area contributed by atoms with Gasteiger partial charge in [0.05, 0.1) is 12.2 Å². The third-order valence-electron chi connectivity index (χ3n) is 3.19. The molecule has 1 rings (SSSR count). The van der Waals surface area contributed by atoms with Gasteiger partial charge in [-0.1, -0.05) is 6.42 Å². The van der Waals surface area contributed by atoms with Crippen LogP contribution < -0.4 is 0 Å². The lowest BCUT2D eigenvalue weighted by molar-refractivity contribution is -0.526. The average Bonchev–Trinajstić information content (AvgIpc) is 2.24. The molecule has 4 nitrogen and oxygen atoms in total. The Bertz CT molecular complexity index is 309. The minimum atomic E-state index is -1.58. The lowest BCUT2D eigenvalue weighted by Gasteiger charge is -2.27. The molecule has 2 unspecified atom stereocenters. The molecule has 1 saturated carbocycles. The molecule has 0 aliphatic heterocycles. The molecule has 0 spiro atoms. The maximum atomic E-state index is 10.9. The molecular weight excluding hydrogens is 234 g/mol. The van der Waals surface area contributed by atoms with Gasteiger partial charge in [0.2, 0.25) is 14.4 Å². The molecule has 0 aromatic carbocycles. The van der Waals surface area contributed by atoms with Gasteiger partial charge in [0.15, 0.2) is 0 Å². The fourth-order valence-electron chi connectivity index (χ4n) is 2.16. The molecule has 98 valence electrons. The molecule has 17 heavy (non-hydrogen) atoms. The Morgan fingerprint density at radius 3 is 2.65 bits per heavy atom. The zero-order chi connectivity index (χ0) is 13.1. The van der Waals surface area contributed by atoms with Crippen LogP contribution in [0.5, 0.6) is 0 Å². The molecule has 0 N–H and O–H groups in total. The first-order valence-corrected chi connectivity index (χ1v) is 9.72. The first-order chi connectivity index (χ1) is 7.81. The largest absolute Gasteiger partial charge is 0.550 e. The van der Waals surface area contributed by atoms with E-state index >= 15 is 0 Å². The highest BCUT2D eigenvalue weighted by Crippen LogP contribution is 2.33. The van der Waals surface area contributed by atoms with Crippen molar-refractivity contribution in [3.8, 4) is 0 Å². The van der Waals surface area contributed by atoms with Crippen LogP contribution in [0.25, 0.3) is 0 Å². The van der Waals surface area contributed by atoms with Crippen molar-refractivity contribution in [3.63, 3.8) is 0 Å². The Kier molecular flexibility index (Phi) is 4.74. The zero-order valence-electron chi connectivity index (χ0n) is 11.2. The SMILES string of the molecule is CC(C1CCCC/C1=C\O[Si](C)(C)C)[N+](=O)[O-]. The summed E-state index contributed by atoms with van der Waals surface area (Å²) in [7, 11) is -1.58. The molecule has 1 aliphatic carbocycles. The fourth-order valence-corrected chi connectivity index (χ4v) is 2.67. The summed E-state index contributed by atoms with van der Waals surface area (Å²) in [5.74, 6) is 0.0649. The molecule has 5 heteroatoms. The van der Waals surface area contributed by atoms with E-state index in [-0.39, 0.29) is 10.8 Å². The number of hydrogen-bond acceptors (Lipinski definition) is 3. The van der Waals surface area contributed by atoms with Crippen molar-refractivity contribution in [2.75, 3.05) is 0 Å². The summed E-state index contributed by atoms with van der Waals surface area (Å²) in [6.07, 6.45) is 5.92.